The highest BCUT2D eigenvalue weighted by molar-refractivity contribution is 6.42. The average molecular weight is 537 g/mol. The van der Waals surface area contributed by atoms with Crippen LogP contribution in [0, 0.1) is 5.82 Å². The minimum Gasteiger partial charge on any atom is -0.329 e. The zero-order valence-corrected chi connectivity index (χ0v) is 20.8. The van der Waals surface area contributed by atoms with E-state index in [2.05, 4.69) is 15.2 Å². The van der Waals surface area contributed by atoms with Crippen molar-refractivity contribution >= 4 is 34.6 Å². The van der Waals surface area contributed by atoms with E-state index in [0.717, 1.165) is 11.4 Å². The fourth-order valence-electron chi connectivity index (χ4n) is 4.68. The number of benzene rings is 2. The molecule has 186 valence electrons. The van der Waals surface area contributed by atoms with Crippen LogP contribution in [0.4, 0.5) is 4.39 Å². The number of rotatable bonds is 4. The van der Waals surface area contributed by atoms with Crippen LogP contribution in [0.1, 0.15) is 27.4 Å². The van der Waals surface area contributed by atoms with Gasteiger partial charge in [-0.3, -0.25) is 14.0 Å². The van der Waals surface area contributed by atoms with Gasteiger partial charge in [-0.05, 0) is 23.8 Å². The van der Waals surface area contributed by atoms with E-state index >= 15 is 0 Å². The van der Waals surface area contributed by atoms with Gasteiger partial charge in [0.2, 0.25) is 0 Å². The molecule has 0 saturated heterocycles. The number of aromatic amines is 1. The van der Waals surface area contributed by atoms with Crippen molar-refractivity contribution in [3.8, 4) is 11.4 Å². The zero-order valence-electron chi connectivity index (χ0n) is 19.3. The quantitative estimate of drug-likeness (QED) is 0.364. The van der Waals surface area contributed by atoms with Crippen LogP contribution >= 0.6 is 23.2 Å². The molecule has 0 radical (unpaired) electrons. The maximum atomic E-state index is 14.8. The Morgan fingerprint density at radius 1 is 1.05 bits per heavy atom. The Kier molecular flexibility index (Phi) is 5.81. The van der Waals surface area contributed by atoms with E-state index in [0.29, 0.717) is 35.7 Å². The maximum Gasteiger partial charge on any atom is 0.272 e. The summed E-state index contributed by atoms with van der Waals surface area (Å²) < 4.78 is 18.4. The van der Waals surface area contributed by atoms with Gasteiger partial charge in [-0.15, -0.1) is 10.2 Å². The SMILES string of the molecule is O=C(c1cc(Cc2c[nH]c(=O)c3cc(Cl)c(Cl)n23)ccc1F)N1CCn2c(nnc2-c2ccccc2)C1. The van der Waals surface area contributed by atoms with Crippen molar-refractivity contribution in [3.05, 3.63) is 110 Å². The number of carbonyl (C=O) groups excluding carboxylic acids is 1. The smallest absolute Gasteiger partial charge is 0.272 e. The first-order chi connectivity index (χ1) is 17.9. The molecule has 37 heavy (non-hydrogen) atoms. The van der Waals surface area contributed by atoms with Gasteiger partial charge in [0.15, 0.2) is 11.6 Å². The molecule has 1 N–H and O–H groups in total. The van der Waals surface area contributed by atoms with Crippen LogP contribution in [-0.4, -0.2) is 41.5 Å². The second-order valence-electron chi connectivity index (χ2n) is 8.79. The number of carbonyl (C=O) groups is 1. The fraction of sp³-hybridized carbons (Fsp3) is 0.154. The molecule has 11 heteroatoms. The second kappa shape index (κ2) is 9.17. The minimum atomic E-state index is -0.612. The van der Waals surface area contributed by atoms with Crippen LogP contribution in [0.25, 0.3) is 16.9 Å². The molecule has 1 aliphatic heterocycles. The van der Waals surface area contributed by atoms with Gasteiger partial charge in [0, 0.05) is 37.0 Å². The van der Waals surface area contributed by atoms with Crippen LogP contribution in [0.3, 0.4) is 0 Å². The van der Waals surface area contributed by atoms with Crippen molar-refractivity contribution in [1.29, 1.82) is 0 Å². The highest BCUT2D eigenvalue weighted by Crippen LogP contribution is 2.27. The summed E-state index contributed by atoms with van der Waals surface area (Å²) in [5.41, 5.74) is 2.19. The van der Waals surface area contributed by atoms with Crippen molar-refractivity contribution in [2.75, 3.05) is 6.54 Å². The average Bonchev–Trinajstić information content (AvgIpc) is 3.48. The van der Waals surface area contributed by atoms with E-state index in [-0.39, 0.29) is 34.3 Å². The van der Waals surface area contributed by atoms with Crippen molar-refractivity contribution in [2.24, 2.45) is 0 Å². The molecule has 8 nitrogen and oxygen atoms in total. The van der Waals surface area contributed by atoms with Gasteiger partial charge in [-0.25, -0.2) is 4.39 Å². The van der Waals surface area contributed by atoms with E-state index in [1.807, 2.05) is 34.9 Å². The first kappa shape index (κ1) is 23.4. The predicted molar refractivity (Wildman–Crippen MR) is 137 cm³/mol. The minimum absolute atomic E-state index is 0.0361. The van der Waals surface area contributed by atoms with Crippen LogP contribution in [0.15, 0.2) is 65.6 Å². The molecule has 0 spiro atoms. The third-order valence-corrected chi connectivity index (χ3v) is 7.26. The maximum absolute atomic E-state index is 14.8. The molecule has 4 heterocycles. The van der Waals surface area contributed by atoms with Crippen LogP contribution in [0.2, 0.25) is 10.2 Å². The van der Waals surface area contributed by atoms with E-state index in [4.69, 9.17) is 23.2 Å². The Balaban J connectivity index is 1.27. The molecule has 1 amide bonds. The molecule has 0 fully saturated rings. The van der Waals surface area contributed by atoms with E-state index in [9.17, 15) is 14.0 Å². The number of amides is 1. The number of hydrogen-bond donors (Lipinski definition) is 1. The van der Waals surface area contributed by atoms with E-state index < -0.39 is 11.7 Å². The van der Waals surface area contributed by atoms with Gasteiger partial charge in [0.1, 0.15) is 16.5 Å². The Bertz CT molecular complexity index is 1730. The highest BCUT2D eigenvalue weighted by atomic mass is 35.5. The number of fused-ring (bicyclic) bond motifs is 2. The summed E-state index contributed by atoms with van der Waals surface area (Å²) in [6.07, 6.45) is 1.82. The summed E-state index contributed by atoms with van der Waals surface area (Å²) in [4.78, 5) is 29.8. The van der Waals surface area contributed by atoms with Crippen molar-refractivity contribution < 1.29 is 9.18 Å². The lowest BCUT2D eigenvalue weighted by Crippen LogP contribution is -2.39. The lowest BCUT2D eigenvalue weighted by Gasteiger charge is -2.28. The lowest BCUT2D eigenvalue weighted by molar-refractivity contribution is 0.0703. The number of nitrogens with zero attached hydrogens (tertiary/aromatic N) is 5. The molecule has 2 aromatic carbocycles. The Morgan fingerprint density at radius 3 is 2.68 bits per heavy atom. The van der Waals surface area contributed by atoms with Gasteiger partial charge in [0.25, 0.3) is 11.5 Å². The van der Waals surface area contributed by atoms with Crippen LogP contribution in [-0.2, 0) is 19.5 Å². The molecule has 0 unspecified atom stereocenters. The topological polar surface area (TPSA) is 88.3 Å². The standard InChI is InChI=1S/C26H19Cl2FN6O2/c27-19-12-21-25(36)30-13-17(35(21)23(19)28)10-15-6-7-20(29)18(11-15)26(37)33-8-9-34-22(14-33)31-32-24(34)16-4-2-1-3-5-16/h1-7,11-13H,8-10,14H2,(H,30,36). The Hall–Kier alpha value is -3.95. The highest BCUT2D eigenvalue weighted by Gasteiger charge is 2.27. The molecule has 0 bridgehead atoms. The van der Waals surface area contributed by atoms with E-state index in [1.165, 1.54) is 24.4 Å². The van der Waals surface area contributed by atoms with Crippen molar-refractivity contribution in [2.45, 2.75) is 19.5 Å². The molecule has 3 aromatic heterocycles. The molecule has 0 aliphatic carbocycles. The number of hydrogen-bond acceptors (Lipinski definition) is 4. The number of halogens is 3. The summed E-state index contributed by atoms with van der Waals surface area (Å²) in [6.45, 7) is 1.12. The van der Waals surface area contributed by atoms with Gasteiger partial charge in [-0.2, -0.15) is 0 Å². The summed E-state index contributed by atoms with van der Waals surface area (Å²) in [5.74, 6) is 0.347. The first-order valence-corrected chi connectivity index (χ1v) is 12.3. The van der Waals surface area contributed by atoms with E-state index in [1.54, 1.807) is 15.4 Å². The van der Waals surface area contributed by atoms with Crippen molar-refractivity contribution in [1.82, 2.24) is 29.0 Å². The Labute approximate surface area is 219 Å². The van der Waals surface area contributed by atoms with Gasteiger partial charge in [-0.1, -0.05) is 59.6 Å². The predicted octanol–water partition coefficient (Wildman–Crippen LogP) is 4.58. The largest absolute Gasteiger partial charge is 0.329 e. The number of H-pyrrole nitrogens is 1. The third-order valence-electron chi connectivity index (χ3n) is 6.51. The van der Waals surface area contributed by atoms with Gasteiger partial charge >= 0.3 is 0 Å². The van der Waals surface area contributed by atoms with Crippen LogP contribution in [0.5, 0.6) is 0 Å². The third kappa shape index (κ3) is 4.10. The molecular formula is C26H19Cl2FN6O2. The summed E-state index contributed by atoms with van der Waals surface area (Å²) in [5, 5.41) is 9.04. The van der Waals surface area contributed by atoms with Gasteiger partial charge in [0.05, 0.1) is 17.1 Å². The normalized spacial score (nSPS) is 13.2. The zero-order chi connectivity index (χ0) is 25.7. The Morgan fingerprint density at radius 2 is 1.86 bits per heavy atom. The first-order valence-electron chi connectivity index (χ1n) is 11.5. The summed E-state index contributed by atoms with van der Waals surface area (Å²) >= 11 is 12.4. The second-order valence-corrected chi connectivity index (χ2v) is 9.55. The number of nitrogens with one attached hydrogen (secondary N) is 1. The van der Waals surface area contributed by atoms with Gasteiger partial charge < -0.3 is 14.5 Å². The summed E-state index contributed by atoms with van der Waals surface area (Å²) in [6, 6.07) is 15.6. The molecule has 5 aromatic rings. The summed E-state index contributed by atoms with van der Waals surface area (Å²) in [7, 11) is 0. The van der Waals surface area contributed by atoms with Crippen molar-refractivity contribution in [3.63, 3.8) is 0 Å². The monoisotopic (exact) mass is 536 g/mol. The molecule has 6 rings (SSSR count). The molecular weight excluding hydrogens is 518 g/mol. The fourth-order valence-corrected chi connectivity index (χ4v) is 5.12. The molecule has 0 atom stereocenters. The van der Waals surface area contributed by atoms with Crippen LogP contribution < -0.4 is 5.56 Å². The molecule has 0 saturated carbocycles. The molecule has 1 aliphatic rings. The lowest BCUT2D eigenvalue weighted by atomic mass is 10.0. The number of aromatic nitrogens is 5.